The molecule has 11 heteroatoms. The fraction of sp³-hybridized carbons (Fsp3) is 0.160. The van der Waals surface area contributed by atoms with Gasteiger partial charge in [-0.15, -0.1) is 0 Å². The number of ether oxygens (including phenoxy) is 3. The highest BCUT2D eigenvalue weighted by Crippen LogP contribution is 2.36. The Balaban J connectivity index is 1.46. The molecule has 0 radical (unpaired) electrons. The molecule has 1 saturated heterocycles. The van der Waals surface area contributed by atoms with Crippen molar-refractivity contribution in [2.45, 2.75) is 13.2 Å². The van der Waals surface area contributed by atoms with Crippen molar-refractivity contribution >= 4 is 58.2 Å². The summed E-state index contributed by atoms with van der Waals surface area (Å²) in [5, 5.41) is 0.447. The van der Waals surface area contributed by atoms with Crippen LogP contribution in [-0.2, 0) is 22.7 Å². The molecule has 2 heterocycles. The molecule has 2 aromatic carbocycles. The Morgan fingerprint density at radius 2 is 1.83 bits per heavy atom. The van der Waals surface area contributed by atoms with E-state index in [4.69, 9.17) is 37.1 Å². The van der Waals surface area contributed by atoms with Crippen LogP contribution < -0.4 is 9.47 Å². The molecule has 0 aliphatic carbocycles. The molecular weight excluding hydrogens is 529 g/mol. The van der Waals surface area contributed by atoms with Crippen molar-refractivity contribution in [3.63, 3.8) is 0 Å². The maximum Gasteiger partial charge on any atom is 0.373 e. The molecule has 0 saturated carbocycles. The lowest BCUT2D eigenvalue weighted by atomic mass is 10.1. The molecule has 1 aromatic heterocycles. The molecule has 0 unspecified atom stereocenters. The van der Waals surface area contributed by atoms with Crippen molar-refractivity contribution in [1.82, 2.24) is 4.90 Å². The second-order valence-electron chi connectivity index (χ2n) is 7.47. The summed E-state index contributed by atoms with van der Waals surface area (Å²) in [6.07, 6.45) is 1.60. The van der Waals surface area contributed by atoms with Crippen LogP contribution in [0.5, 0.6) is 11.5 Å². The van der Waals surface area contributed by atoms with Crippen LogP contribution in [0.3, 0.4) is 0 Å². The molecule has 1 aliphatic rings. The number of esters is 1. The van der Waals surface area contributed by atoms with E-state index in [1.54, 1.807) is 36.4 Å². The number of hydrogen-bond acceptors (Lipinski definition) is 8. The average Bonchev–Trinajstić information content (AvgIpc) is 3.45. The molecule has 0 atom stereocenters. The van der Waals surface area contributed by atoms with E-state index in [0.717, 1.165) is 22.2 Å². The van der Waals surface area contributed by atoms with Gasteiger partial charge in [0.2, 0.25) is 5.76 Å². The van der Waals surface area contributed by atoms with Crippen LogP contribution >= 0.6 is 35.0 Å². The lowest BCUT2D eigenvalue weighted by Gasteiger charge is -2.12. The van der Waals surface area contributed by atoms with Gasteiger partial charge in [-0.2, -0.15) is 0 Å². The highest BCUT2D eigenvalue weighted by molar-refractivity contribution is 8.18. The third-order valence-electron chi connectivity index (χ3n) is 5.10. The number of rotatable bonds is 8. The van der Waals surface area contributed by atoms with Crippen LogP contribution in [0.2, 0.25) is 10.0 Å². The fourth-order valence-corrected chi connectivity index (χ4v) is 4.46. The van der Waals surface area contributed by atoms with E-state index >= 15 is 0 Å². The number of thioether (sulfide) groups is 1. The van der Waals surface area contributed by atoms with Gasteiger partial charge in [-0.25, -0.2) is 4.79 Å². The van der Waals surface area contributed by atoms with E-state index in [2.05, 4.69) is 4.74 Å². The number of hydrogen-bond donors (Lipinski definition) is 0. The Kier molecular flexibility index (Phi) is 7.93. The number of carbonyl (C=O) groups excluding carboxylic acids is 3. The highest BCUT2D eigenvalue weighted by atomic mass is 35.5. The Morgan fingerprint density at radius 1 is 1.03 bits per heavy atom. The topological polar surface area (TPSA) is 95.3 Å². The normalized spacial score (nSPS) is 14.4. The van der Waals surface area contributed by atoms with Crippen molar-refractivity contribution in [3.8, 4) is 11.5 Å². The standard InChI is InChI=1S/C25H19Cl2NO7S/c1-32-21-10-14(4-7-19(21)34-13-15-3-6-17(26)18(27)9-15)11-22-23(29)28(25(31)36-22)12-16-5-8-20(35-16)24(30)33-2/h3-11H,12-13H2,1-2H3/b22-11+. The van der Waals surface area contributed by atoms with Crippen LogP contribution in [0.25, 0.3) is 6.08 Å². The smallest absolute Gasteiger partial charge is 0.373 e. The van der Waals surface area contributed by atoms with Crippen LogP contribution in [-0.4, -0.2) is 36.2 Å². The summed E-state index contributed by atoms with van der Waals surface area (Å²) in [5.41, 5.74) is 1.48. The molecule has 4 rings (SSSR count). The van der Waals surface area contributed by atoms with Gasteiger partial charge in [0.1, 0.15) is 12.4 Å². The first-order valence-corrected chi connectivity index (χ1v) is 12.0. The van der Waals surface area contributed by atoms with Gasteiger partial charge in [-0.05, 0) is 65.4 Å². The number of benzene rings is 2. The Hall–Kier alpha value is -3.40. The average molecular weight is 548 g/mol. The van der Waals surface area contributed by atoms with Gasteiger partial charge in [0, 0.05) is 0 Å². The van der Waals surface area contributed by atoms with Crippen LogP contribution in [0, 0.1) is 0 Å². The van der Waals surface area contributed by atoms with E-state index in [-0.39, 0.29) is 29.6 Å². The van der Waals surface area contributed by atoms with Crippen LogP contribution in [0.1, 0.15) is 27.4 Å². The maximum absolute atomic E-state index is 12.9. The molecule has 8 nitrogen and oxygen atoms in total. The molecule has 0 spiro atoms. The number of amides is 2. The summed E-state index contributed by atoms with van der Waals surface area (Å²) in [7, 11) is 2.74. The van der Waals surface area contributed by atoms with Crippen molar-refractivity contribution in [2.24, 2.45) is 0 Å². The first-order valence-electron chi connectivity index (χ1n) is 10.5. The van der Waals surface area contributed by atoms with Crippen molar-refractivity contribution < 1.29 is 33.0 Å². The predicted octanol–water partition coefficient (Wildman–Crippen LogP) is 6.20. The maximum atomic E-state index is 12.9. The number of methoxy groups -OCH3 is 2. The van der Waals surface area contributed by atoms with Crippen molar-refractivity contribution in [1.29, 1.82) is 0 Å². The molecule has 0 N–H and O–H groups in total. The summed E-state index contributed by atoms with van der Waals surface area (Å²) >= 11 is 12.8. The molecule has 0 bridgehead atoms. The minimum Gasteiger partial charge on any atom is -0.493 e. The number of halogens is 2. The summed E-state index contributed by atoms with van der Waals surface area (Å²) in [5.74, 6) is 0.100. The van der Waals surface area contributed by atoms with Crippen LogP contribution in [0.15, 0.2) is 57.9 Å². The number of furan rings is 1. The zero-order chi connectivity index (χ0) is 25.8. The van der Waals surface area contributed by atoms with E-state index in [9.17, 15) is 14.4 Å². The molecule has 36 heavy (non-hydrogen) atoms. The fourth-order valence-electron chi connectivity index (χ4n) is 3.30. The zero-order valence-electron chi connectivity index (χ0n) is 19.1. The largest absolute Gasteiger partial charge is 0.493 e. The number of carbonyl (C=O) groups is 3. The Morgan fingerprint density at radius 3 is 2.56 bits per heavy atom. The second-order valence-corrected chi connectivity index (χ2v) is 9.28. The Labute approximate surface area is 220 Å². The quantitative estimate of drug-likeness (QED) is 0.243. The van der Waals surface area contributed by atoms with Gasteiger partial charge >= 0.3 is 5.97 Å². The monoisotopic (exact) mass is 547 g/mol. The SMILES string of the molecule is COC(=O)c1ccc(CN2C(=O)S/C(=C/c3ccc(OCc4ccc(Cl)c(Cl)c4)c(OC)c3)C2=O)o1. The summed E-state index contributed by atoms with van der Waals surface area (Å²) in [4.78, 5) is 38.2. The molecule has 3 aromatic rings. The van der Waals surface area contributed by atoms with Gasteiger partial charge in [0.05, 0.1) is 35.7 Å². The van der Waals surface area contributed by atoms with Crippen molar-refractivity contribution in [3.05, 3.63) is 86.1 Å². The molecule has 1 aliphatic heterocycles. The van der Waals surface area contributed by atoms with Gasteiger partial charge in [0.15, 0.2) is 11.5 Å². The predicted molar refractivity (Wildman–Crippen MR) is 135 cm³/mol. The Bertz CT molecular complexity index is 1370. The number of nitrogens with zero attached hydrogens (tertiary/aromatic N) is 1. The summed E-state index contributed by atoms with van der Waals surface area (Å²) in [6.45, 7) is 0.139. The molecular formula is C25H19Cl2NO7S. The highest BCUT2D eigenvalue weighted by Gasteiger charge is 2.35. The lowest BCUT2D eigenvalue weighted by Crippen LogP contribution is -2.27. The first-order chi connectivity index (χ1) is 17.3. The summed E-state index contributed by atoms with van der Waals surface area (Å²) in [6, 6.07) is 13.3. The second kappa shape index (κ2) is 11.1. The third kappa shape index (κ3) is 5.70. The van der Waals surface area contributed by atoms with Crippen molar-refractivity contribution in [2.75, 3.05) is 14.2 Å². The van der Waals surface area contributed by atoms with Gasteiger partial charge in [0.25, 0.3) is 11.1 Å². The zero-order valence-corrected chi connectivity index (χ0v) is 21.4. The third-order valence-corrected chi connectivity index (χ3v) is 6.75. The molecule has 2 amide bonds. The first kappa shape index (κ1) is 25.7. The minimum atomic E-state index is -0.645. The van der Waals surface area contributed by atoms with E-state index in [0.29, 0.717) is 27.1 Å². The lowest BCUT2D eigenvalue weighted by molar-refractivity contribution is -0.123. The number of imide groups is 1. The summed E-state index contributed by atoms with van der Waals surface area (Å²) < 4.78 is 21.3. The molecule has 1 fully saturated rings. The van der Waals surface area contributed by atoms with Gasteiger partial charge in [-0.1, -0.05) is 35.3 Å². The van der Waals surface area contributed by atoms with E-state index < -0.39 is 17.1 Å². The minimum absolute atomic E-state index is 0.0106. The molecule has 186 valence electrons. The van der Waals surface area contributed by atoms with E-state index in [1.807, 2.05) is 6.07 Å². The van der Waals surface area contributed by atoms with Gasteiger partial charge < -0.3 is 18.6 Å². The van der Waals surface area contributed by atoms with E-state index in [1.165, 1.54) is 26.4 Å². The van der Waals surface area contributed by atoms with Crippen LogP contribution in [0.4, 0.5) is 4.79 Å². The van der Waals surface area contributed by atoms with Gasteiger partial charge in [-0.3, -0.25) is 14.5 Å².